The van der Waals surface area contributed by atoms with E-state index in [1.807, 2.05) is 0 Å². The number of amides is 1. The zero-order valence-corrected chi connectivity index (χ0v) is 13.2. The average molecular weight is 316 g/mol. The molecule has 1 fully saturated rings. The molecule has 2 rings (SSSR count). The molecule has 1 heterocycles. The van der Waals surface area contributed by atoms with Crippen LogP contribution >= 0.6 is 23.2 Å². The molecule has 6 heteroatoms. The van der Waals surface area contributed by atoms with E-state index in [2.05, 4.69) is 11.9 Å². The van der Waals surface area contributed by atoms with Crippen molar-refractivity contribution < 1.29 is 4.79 Å². The fourth-order valence-electron chi connectivity index (χ4n) is 2.58. The van der Waals surface area contributed by atoms with Crippen LogP contribution in [0.1, 0.15) is 23.2 Å². The minimum absolute atomic E-state index is 0.149. The summed E-state index contributed by atoms with van der Waals surface area (Å²) in [7, 11) is 3.86. The lowest BCUT2D eigenvalue weighted by Crippen LogP contribution is -2.39. The maximum absolute atomic E-state index is 12.5. The lowest BCUT2D eigenvalue weighted by molar-refractivity contribution is 0.0762. The van der Waals surface area contributed by atoms with Gasteiger partial charge in [0.25, 0.3) is 5.91 Å². The van der Waals surface area contributed by atoms with Crippen molar-refractivity contribution in [2.45, 2.75) is 18.9 Å². The van der Waals surface area contributed by atoms with Gasteiger partial charge in [0, 0.05) is 25.3 Å². The van der Waals surface area contributed by atoms with Crippen LogP contribution in [-0.2, 0) is 0 Å². The zero-order chi connectivity index (χ0) is 14.9. The Morgan fingerprint density at radius 1 is 1.50 bits per heavy atom. The number of hydrogen-bond acceptors (Lipinski definition) is 3. The lowest BCUT2D eigenvalue weighted by atomic mass is 10.1. The molecule has 1 saturated heterocycles. The highest BCUT2D eigenvalue weighted by Gasteiger charge is 2.25. The molecule has 0 radical (unpaired) electrons. The number of halogens is 2. The Kier molecular flexibility index (Phi) is 4.78. The largest absolute Gasteiger partial charge is 0.399 e. The van der Waals surface area contributed by atoms with Crippen LogP contribution in [0.15, 0.2) is 12.1 Å². The molecule has 20 heavy (non-hydrogen) atoms. The standard InChI is InChI=1S/C14H19Cl2N3O/c1-18-5-3-4-10(18)8-19(2)14(20)11-6-9(17)7-12(15)13(11)16/h6-7,10H,3-5,8,17H2,1-2H3. The van der Waals surface area contributed by atoms with Gasteiger partial charge in [0.1, 0.15) is 0 Å². The number of rotatable bonds is 3. The fraction of sp³-hybridized carbons (Fsp3) is 0.500. The first-order valence-electron chi connectivity index (χ1n) is 6.60. The van der Waals surface area contributed by atoms with E-state index >= 15 is 0 Å². The minimum atomic E-state index is -0.149. The molecular formula is C14H19Cl2N3O. The van der Waals surface area contributed by atoms with Crippen LogP contribution in [0.5, 0.6) is 0 Å². The predicted molar refractivity (Wildman–Crippen MR) is 83.5 cm³/mol. The second kappa shape index (κ2) is 6.20. The van der Waals surface area contributed by atoms with E-state index in [4.69, 9.17) is 28.9 Å². The number of nitrogen functional groups attached to an aromatic ring is 1. The van der Waals surface area contributed by atoms with E-state index in [-0.39, 0.29) is 10.9 Å². The Labute approximate surface area is 129 Å². The van der Waals surface area contributed by atoms with Gasteiger partial charge < -0.3 is 15.5 Å². The van der Waals surface area contributed by atoms with Crippen molar-refractivity contribution in [2.24, 2.45) is 0 Å². The number of hydrogen-bond donors (Lipinski definition) is 1. The molecule has 1 aromatic carbocycles. The number of anilines is 1. The number of nitrogens with zero attached hydrogens (tertiary/aromatic N) is 2. The lowest BCUT2D eigenvalue weighted by Gasteiger charge is -2.26. The van der Waals surface area contributed by atoms with Crippen molar-refractivity contribution in [3.63, 3.8) is 0 Å². The van der Waals surface area contributed by atoms with Crippen LogP contribution in [-0.4, -0.2) is 48.9 Å². The third-order valence-electron chi connectivity index (χ3n) is 3.78. The smallest absolute Gasteiger partial charge is 0.255 e. The molecule has 110 valence electrons. The SMILES string of the molecule is CN(CC1CCCN1C)C(=O)c1cc(N)cc(Cl)c1Cl. The first kappa shape index (κ1) is 15.4. The van der Waals surface area contributed by atoms with Crippen molar-refractivity contribution in [2.75, 3.05) is 32.9 Å². The summed E-state index contributed by atoms with van der Waals surface area (Å²) in [6.45, 7) is 1.76. The Morgan fingerprint density at radius 3 is 2.80 bits per heavy atom. The molecule has 1 aromatic rings. The highest BCUT2D eigenvalue weighted by atomic mass is 35.5. The number of carbonyl (C=O) groups is 1. The molecular weight excluding hydrogens is 297 g/mol. The summed E-state index contributed by atoms with van der Waals surface area (Å²) in [5.74, 6) is -0.149. The Hall–Kier alpha value is -0.970. The van der Waals surface area contributed by atoms with Gasteiger partial charge in [0.2, 0.25) is 0 Å². The number of likely N-dealkylation sites (N-methyl/N-ethyl adjacent to an activating group) is 2. The molecule has 0 aromatic heterocycles. The summed E-state index contributed by atoms with van der Waals surface area (Å²) in [5.41, 5.74) is 6.53. The molecule has 2 N–H and O–H groups in total. The van der Waals surface area contributed by atoms with Crippen molar-refractivity contribution in [3.8, 4) is 0 Å². The molecule has 0 aliphatic carbocycles. The molecule has 1 unspecified atom stereocenters. The molecule has 1 amide bonds. The Morgan fingerprint density at radius 2 is 2.20 bits per heavy atom. The van der Waals surface area contributed by atoms with Gasteiger partial charge in [-0.1, -0.05) is 23.2 Å². The molecule has 1 atom stereocenters. The van der Waals surface area contributed by atoms with Gasteiger partial charge in [-0.2, -0.15) is 0 Å². The predicted octanol–water partition coefficient (Wildman–Crippen LogP) is 2.74. The summed E-state index contributed by atoms with van der Waals surface area (Å²) in [5, 5.41) is 0.568. The van der Waals surface area contributed by atoms with Crippen molar-refractivity contribution in [1.82, 2.24) is 9.80 Å². The normalized spacial score (nSPS) is 19.3. The van der Waals surface area contributed by atoms with Gasteiger partial charge in [-0.3, -0.25) is 4.79 Å². The highest BCUT2D eigenvalue weighted by molar-refractivity contribution is 6.44. The summed E-state index contributed by atoms with van der Waals surface area (Å²) in [6, 6.07) is 3.52. The summed E-state index contributed by atoms with van der Waals surface area (Å²) in [4.78, 5) is 16.4. The summed E-state index contributed by atoms with van der Waals surface area (Å²) in [6.07, 6.45) is 2.29. The van der Waals surface area contributed by atoms with E-state index in [0.29, 0.717) is 28.9 Å². The quantitative estimate of drug-likeness (QED) is 0.872. The van der Waals surface area contributed by atoms with Gasteiger partial charge in [-0.15, -0.1) is 0 Å². The first-order valence-corrected chi connectivity index (χ1v) is 7.36. The zero-order valence-electron chi connectivity index (χ0n) is 11.7. The molecule has 4 nitrogen and oxygen atoms in total. The average Bonchev–Trinajstić information content (AvgIpc) is 2.78. The first-order chi connectivity index (χ1) is 9.40. The van der Waals surface area contributed by atoms with Gasteiger partial charge >= 0.3 is 0 Å². The number of carbonyl (C=O) groups excluding carboxylic acids is 1. The molecule has 0 bridgehead atoms. The fourth-order valence-corrected chi connectivity index (χ4v) is 3.00. The molecule has 1 aliphatic rings. The minimum Gasteiger partial charge on any atom is -0.399 e. The van der Waals surface area contributed by atoms with Crippen LogP contribution in [0.3, 0.4) is 0 Å². The monoisotopic (exact) mass is 315 g/mol. The maximum atomic E-state index is 12.5. The van der Waals surface area contributed by atoms with Gasteiger partial charge in [0.05, 0.1) is 15.6 Å². The van der Waals surface area contributed by atoms with Crippen LogP contribution in [0.2, 0.25) is 10.0 Å². The van der Waals surface area contributed by atoms with E-state index in [1.54, 1.807) is 24.1 Å². The third-order valence-corrected chi connectivity index (χ3v) is 4.59. The third kappa shape index (κ3) is 3.19. The number of benzene rings is 1. The maximum Gasteiger partial charge on any atom is 0.255 e. The summed E-state index contributed by atoms with van der Waals surface area (Å²) < 4.78 is 0. The molecule has 1 aliphatic heterocycles. The van der Waals surface area contributed by atoms with E-state index < -0.39 is 0 Å². The van der Waals surface area contributed by atoms with Gasteiger partial charge in [-0.25, -0.2) is 0 Å². The van der Waals surface area contributed by atoms with Gasteiger partial charge in [-0.05, 0) is 38.6 Å². The number of likely N-dealkylation sites (tertiary alicyclic amines) is 1. The van der Waals surface area contributed by atoms with Crippen molar-refractivity contribution >= 4 is 34.8 Å². The highest BCUT2D eigenvalue weighted by Crippen LogP contribution is 2.29. The van der Waals surface area contributed by atoms with Crippen LogP contribution < -0.4 is 5.73 Å². The van der Waals surface area contributed by atoms with Crippen LogP contribution in [0, 0.1) is 0 Å². The van der Waals surface area contributed by atoms with Crippen molar-refractivity contribution in [1.29, 1.82) is 0 Å². The van der Waals surface area contributed by atoms with Crippen molar-refractivity contribution in [3.05, 3.63) is 27.7 Å². The van der Waals surface area contributed by atoms with E-state index in [9.17, 15) is 4.79 Å². The molecule has 0 saturated carbocycles. The number of nitrogens with two attached hydrogens (primary N) is 1. The Bertz CT molecular complexity index is 521. The van der Waals surface area contributed by atoms with Crippen LogP contribution in [0.4, 0.5) is 5.69 Å². The molecule has 0 spiro atoms. The van der Waals surface area contributed by atoms with Crippen LogP contribution in [0.25, 0.3) is 0 Å². The van der Waals surface area contributed by atoms with E-state index in [0.717, 1.165) is 13.0 Å². The van der Waals surface area contributed by atoms with E-state index in [1.165, 1.54) is 6.42 Å². The summed E-state index contributed by atoms with van der Waals surface area (Å²) >= 11 is 12.1. The van der Waals surface area contributed by atoms with Gasteiger partial charge in [0.15, 0.2) is 0 Å². The Balaban J connectivity index is 2.14. The second-order valence-electron chi connectivity index (χ2n) is 5.33. The topological polar surface area (TPSA) is 49.6 Å². The second-order valence-corrected chi connectivity index (χ2v) is 6.11.